The highest BCUT2D eigenvalue weighted by atomic mass is 19.1. The predicted octanol–water partition coefficient (Wildman–Crippen LogP) is 0.379. The molecule has 0 aliphatic heterocycles. The maximum absolute atomic E-state index is 12.7. The van der Waals surface area contributed by atoms with Gasteiger partial charge in [-0.1, -0.05) is 11.2 Å². The molecule has 0 spiro atoms. The van der Waals surface area contributed by atoms with Gasteiger partial charge in [0.25, 0.3) is 0 Å². The molecule has 4 nitrogen and oxygen atoms in total. The zero-order valence-electron chi connectivity index (χ0n) is 6.87. The lowest BCUT2D eigenvalue weighted by Gasteiger charge is -2.05. The van der Waals surface area contributed by atoms with Gasteiger partial charge in [0.05, 0.1) is 0 Å². The van der Waals surface area contributed by atoms with Gasteiger partial charge >= 0.3 is 0 Å². The summed E-state index contributed by atoms with van der Waals surface area (Å²) in [5, 5.41) is 11.2. The Kier molecular flexibility index (Phi) is 2.81. The van der Waals surface area contributed by atoms with Gasteiger partial charge in [-0.2, -0.15) is 0 Å². The molecule has 0 heterocycles. The Hall–Kier alpha value is -1.62. The monoisotopic (exact) mass is 183 g/mol. The van der Waals surface area contributed by atoms with Crippen molar-refractivity contribution in [2.75, 3.05) is 0 Å². The Bertz CT molecular complexity index is 338. The van der Waals surface area contributed by atoms with E-state index in [4.69, 9.17) is 16.7 Å². The Morgan fingerprint density at radius 2 is 2.23 bits per heavy atom. The van der Waals surface area contributed by atoms with E-state index in [9.17, 15) is 4.39 Å². The maximum atomic E-state index is 12.7. The molecule has 5 heteroatoms. The third-order valence-corrected chi connectivity index (χ3v) is 1.68. The van der Waals surface area contributed by atoms with Gasteiger partial charge in [0.1, 0.15) is 5.82 Å². The Balaban J connectivity index is 3.23. The first-order chi connectivity index (χ1) is 6.19. The van der Waals surface area contributed by atoms with Crippen LogP contribution in [0.1, 0.15) is 11.1 Å². The van der Waals surface area contributed by atoms with Crippen molar-refractivity contribution < 1.29 is 9.60 Å². The van der Waals surface area contributed by atoms with Gasteiger partial charge in [0.2, 0.25) is 0 Å². The smallest absolute Gasteiger partial charge is 0.170 e. The molecule has 0 radical (unpaired) electrons. The standard InChI is InChI=1S/C8H10FN3O/c9-6-2-1-5(4-10)7(3-6)8(11)12-13/h1-3,13H,4,10H2,(H2,11,12). The van der Waals surface area contributed by atoms with Gasteiger partial charge in [-0.25, -0.2) is 4.39 Å². The summed E-state index contributed by atoms with van der Waals surface area (Å²) in [6, 6.07) is 3.95. The largest absolute Gasteiger partial charge is 0.409 e. The van der Waals surface area contributed by atoms with E-state index in [1.54, 1.807) is 0 Å². The average Bonchev–Trinajstić information content (AvgIpc) is 2.16. The number of nitrogens with two attached hydrogens (primary N) is 2. The van der Waals surface area contributed by atoms with Crippen molar-refractivity contribution in [2.24, 2.45) is 16.6 Å². The normalized spacial score (nSPS) is 11.7. The summed E-state index contributed by atoms with van der Waals surface area (Å²) in [5.41, 5.74) is 11.7. The van der Waals surface area contributed by atoms with Crippen molar-refractivity contribution in [1.29, 1.82) is 0 Å². The van der Waals surface area contributed by atoms with Crippen LogP contribution < -0.4 is 11.5 Å². The summed E-state index contributed by atoms with van der Waals surface area (Å²) in [6.07, 6.45) is 0. The van der Waals surface area contributed by atoms with Crippen LogP contribution in [0.5, 0.6) is 0 Å². The molecule has 13 heavy (non-hydrogen) atoms. The number of amidine groups is 1. The molecule has 0 fully saturated rings. The second kappa shape index (κ2) is 3.86. The SMILES string of the molecule is NCc1ccc(F)cc1C(N)=NO. The van der Waals surface area contributed by atoms with Crippen molar-refractivity contribution in [3.63, 3.8) is 0 Å². The van der Waals surface area contributed by atoms with E-state index in [2.05, 4.69) is 5.16 Å². The first-order valence-electron chi connectivity index (χ1n) is 3.65. The second-order valence-electron chi connectivity index (χ2n) is 2.49. The van der Waals surface area contributed by atoms with E-state index in [1.807, 2.05) is 0 Å². The van der Waals surface area contributed by atoms with Gasteiger partial charge < -0.3 is 16.7 Å². The third-order valence-electron chi connectivity index (χ3n) is 1.68. The number of rotatable bonds is 2. The van der Waals surface area contributed by atoms with Crippen LogP contribution in [0.2, 0.25) is 0 Å². The van der Waals surface area contributed by atoms with Crippen LogP contribution in [0.15, 0.2) is 23.4 Å². The third kappa shape index (κ3) is 1.94. The average molecular weight is 183 g/mol. The molecule has 0 aliphatic rings. The van der Waals surface area contributed by atoms with Crippen molar-refractivity contribution in [2.45, 2.75) is 6.54 Å². The van der Waals surface area contributed by atoms with Crippen molar-refractivity contribution in [1.82, 2.24) is 0 Å². The fraction of sp³-hybridized carbons (Fsp3) is 0.125. The van der Waals surface area contributed by atoms with E-state index >= 15 is 0 Å². The van der Waals surface area contributed by atoms with E-state index in [1.165, 1.54) is 18.2 Å². The summed E-state index contributed by atoms with van der Waals surface area (Å²) in [7, 11) is 0. The minimum Gasteiger partial charge on any atom is -0.409 e. The fourth-order valence-corrected chi connectivity index (χ4v) is 1.02. The van der Waals surface area contributed by atoms with Gasteiger partial charge in [-0.05, 0) is 17.7 Å². The number of halogens is 1. The molecule has 0 aliphatic carbocycles. The summed E-state index contributed by atoms with van der Waals surface area (Å²) >= 11 is 0. The lowest BCUT2D eigenvalue weighted by molar-refractivity contribution is 0.318. The van der Waals surface area contributed by atoms with Gasteiger partial charge in [-0.3, -0.25) is 0 Å². The number of nitrogens with zero attached hydrogens (tertiary/aromatic N) is 1. The molecule has 0 saturated heterocycles. The number of benzene rings is 1. The van der Waals surface area contributed by atoms with Crippen molar-refractivity contribution in [3.8, 4) is 0 Å². The lowest BCUT2D eigenvalue weighted by atomic mass is 10.1. The highest BCUT2D eigenvalue weighted by molar-refractivity contribution is 5.98. The zero-order chi connectivity index (χ0) is 9.84. The molecule has 1 aromatic rings. The van der Waals surface area contributed by atoms with E-state index in [-0.39, 0.29) is 12.4 Å². The highest BCUT2D eigenvalue weighted by Gasteiger charge is 2.06. The molecule has 1 aromatic carbocycles. The first kappa shape index (κ1) is 9.47. The van der Waals surface area contributed by atoms with E-state index < -0.39 is 5.82 Å². The second-order valence-corrected chi connectivity index (χ2v) is 2.49. The zero-order valence-corrected chi connectivity index (χ0v) is 6.87. The van der Waals surface area contributed by atoms with Gasteiger partial charge in [0.15, 0.2) is 5.84 Å². The summed E-state index contributed by atoms with van der Waals surface area (Å²) in [6.45, 7) is 0.214. The van der Waals surface area contributed by atoms with Crippen LogP contribution in [0.4, 0.5) is 4.39 Å². The van der Waals surface area contributed by atoms with Crippen LogP contribution in [-0.4, -0.2) is 11.0 Å². The lowest BCUT2D eigenvalue weighted by Crippen LogP contribution is -2.17. The van der Waals surface area contributed by atoms with Crippen molar-refractivity contribution >= 4 is 5.84 Å². The van der Waals surface area contributed by atoms with Crippen LogP contribution in [-0.2, 0) is 6.54 Å². The molecule has 0 unspecified atom stereocenters. The first-order valence-corrected chi connectivity index (χ1v) is 3.65. The Morgan fingerprint density at radius 1 is 1.54 bits per heavy atom. The van der Waals surface area contributed by atoms with E-state index in [0.717, 1.165) is 0 Å². The molecular weight excluding hydrogens is 173 g/mol. The summed E-state index contributed by atoms with van der Waals surface area (Å²) in [4.78, 5) is 0. The molecule has 0 amide bonds. The minimum absolute atomic E-state index is 0.139. The quantitative estimate of drug-likeness (QED) is 0.268. The van der Waals surface area contributed by atoms with Gasteiger partial charge in [-0.15, -0.1) is 0 Å². The molecule has 1 rings (SSSR count). The predicted molar refractivity (Wildman–Crippen MR) is 46.8 cm³/mol. The topological polar surface area (TPSA) is 84.6 Å². The summed E-state index contributed by atoms with van der Waals surface area (Å²) < 4.78 is 12.7. The fourth-order valence-electron chi connectivity index (χ4n) is 1.02. The molecule has 0 bridgehead atoms. The Morgan fingerprint density at radius 3 is 2.77 bits per heavy atom. The van der Waals surface area contributed by atoms with Crippen LogP contribution in [0, 0.1) is 5.82 Å². The van der Waals surface area contributed by atoms with Crippen LogP contribution in [0.25, 0.3) is 0 Å². The molecular formula is C8H10FN3O. The number of hydrogen-bond donors (Lipinski definition) is 3. The number of oxime groups is 1. The van der Waals surface area contributed by atoms with Crippen molar-refractivity contribution in [3.05, 3.63) is 35.1 Å². The molecule has 0 saturated carbocycles. The molecule has 0 aromatic heterocycles. The minimum atomic E-state index is -0.446. The molecule has 0 atom stereocenters. The highest BCUT2D eigenvalue weighted by Crippen LogP contribution is 2.10. The summed E-state index contributed by atoms with van der Waals surface area (Å²) in [5.74, 6) is -0.584. The number of hydrogen-bond acceptors (Lipinski definition) is 3. The van der Waals surface area contributed by atoms with Gasteiger partial charge in [0, 0.05) is 12.1 Å². The Labute approximate surface area is 74.7 Å². The van der Waals surface area contributed by atoms with E-state index in [0.29, 0.717) is 11.1 Å². The van der Waals surface area contributed by atoms with Crippen LogP contribution in [0.3, 0.4) is 0 Å². The molecule has 70 valence electrons. The molecule has 5 N–H and O–H groups in total. The maximum Gasteiger partial charge on any atom is 0.170 e. The van der Waals surface area contributed by atoms with Crippen LogP contribution >= 0.6 is 0 Å².